The zero-order valence-corrected chi connectivity index (χ0v) is 14.6. The van der Waals surface area contributed by atoms with Gasteiger partial charge in [-0.25, -0.2) is 9.97 Å². The van der Waals surface area contributed by atoms with E-state index in [1.807, 2.05) is 0 Å². The van der Waals surface area contributed by atoms with Crippen LogP contribution in [0.3, 0.4) is 0 Å². The van der Waals surface area contributed by atoms with E-state index >= 15 is 0 Å². The molecule has 7 nitrogen and oxygen atoms in total. The van der Waals surface area contributed by atoms with E-state index in [0.717, 1.165) is 5.82 Å². The second-order valence-electron chi connectivity index (χ2n) is 6.08. The van der Waals surface area contributed by atoms with Gasteiger partial charge in [0, 0.05) is 50.5 Å². The molecule has 1 amide bonds. The molecule has 2 N–H and O–H groups in total. The number of hydrogen-bond acceptors (Lipinski definition) is 6. The Morgan fingerprint density at radius 3 is 2.26 bits per heavy atom. The minimum Gasteiger partial charge on any atom is -0.353 e. The van der Waals surface area contributed by atoms with Crippen molar-refractivity contribution in [2.24, 2.45) is 0 Å². The van der Waals surface area contributed by atoms with Gasteiger partial charge >= 0.3 is 6.30 Å². The van der Waals surface area contributed by atoms with Crippen LogP contribution in [0.25, 0.3) is 0 Å². The predicted octanol–water partition coefficient (Wildman–Crippen LogP) is 2.82. The maximum absolute atomic E-state index is 12.3. The predicted molar refractivity (Wildman–Crippen MR) is 95.9 cm³/mol. The normalized spacial score (nSPS) is 14.8. The summed E-state index contributed by atoms with van der Waals surface area (Å²) >= 11 is 0. The number of anilines is 4. The van der Waals surface area contributed by atoms with Gasteiger partial charge in [0.15, 0.2) is 0 Å². The topological polar surface area (TPSA) is 73.4 Å². The zero-order chi connectivity index (χ0) is 19.4. The molecular weight excluding hydrogens is 361 g/mol. The van der Waals surface area contributed by atoms with Crippen molar-refractivity contribution in [2.75, 3.05) is 41.7 Å². The highest BCUT2D eigenvalue weighted by molar-refractivity contribution is 5.73. The summed E-state index contributed by atoms with van der Waals surface area (Å²) in [6.45, 7) is 4.17. The summed E-state index contributed by atoms with van der Waals surface area (Å²) in [6.07, 6.45) is -3.04. The van der Waals surface area contributed by atoms with E-state index in [2.05, 4.69) is 20.2 Å². The molecule has 1 aliphatic rings. The number of alkyl halides is 3. The number of nitrogens with one attached hydrogen (secondary N) is 2. The monoisotopic (exact) mass is 380 g/mol. The third-order valence-corrected chi connectivity index (χ3v) is 4.15. The lowest BCUT2D eigenvalue weighted by Crippen LogP contribution is -2.48. The second kappa shape index (κ2) is 7.68. The van der Waals surface area contributed by atoms with Crippen LogP contribution in [0.5, 0.6) is 0 Å². The lowest BCUT2D eigenvalue weighted by Gasteiger charge is -2.34. The van der Waals surface area contributed by atoms with Crippen molar-refractivity contribution < 1.29 is 18.0 Å². The molecule has 2 aromatic rings. The van der Waals surface area contributed by atoms with Crippen molar-refractivity contribution >= 4 is 28.9 Å². The van der Waals surface area contributed by atoms with Crippen molar-refractivity contribution in [3.8, 4) is 0 Å². The van der Waals surface area contributed by atoms with Gasteiger partial charge < -0.3 is 15.1 Å². The number of carbonyl (C=O) groups is 1. The fourth-order valence-electron chi connectivity index (χ4n) is 2.79. The van der Waals surface area contributed by atoms with E-state index in [1.165, 1.54) is 35.9 Å². The number of carbonyl (C=O) groups excluding carboxylic acids is 1. The van der Waals surface area contributed by atoms with Gasteiger partial charge in [0.1, 0.15) is 18.0 Å². The molecule has 1 aliphatic heterocycles. The quantitative estimate of drug-likeness (QED) is 0.795. The first-order chi connectivity index (χ1) is 12.8. The van der Waals surface area contributed by atoms with Crippen molar-refractivity contribution in [1.29, 1.82) is 0 Å². The molecule has 27 heavy (non-hydrogen) atoms. The third kappa shape index (κ3) is 5.22. The van der Waals surface area contributed by atoms with E-state index in [0.29, 0.717) is 37.7 Å². The Morgan fingerprint density at radius 1 is 1.04 bits per heavy atom. The van der Waals surface area contributed by atoms with E-state index in [-0.39, 0.29) is 11.6 Å². The molecule has 1 aromatic carbocycles. The van der Waals surface area contributed by atoms with Crippen LogP contribution in [-0.2, 0) is 4.79 Å². The number of aromatic nitrogens is 2. The van der Waals surface area contributed by atoms with Crippen molar-refractivity contribution in [3.63, 3.8) is 0 Å². The first-order valence-electron chi connectivity index (χ1n) is 8.35. The minimum atomic E-state index is -4.47. The lowest BCUT2D eigenvalue weighted by molar-refractivity contribution is -0.129. The maximum Gasteiger partial charge on any atom is 0.482 e. The molecule has 0 spiro atoms. The smallest absolute Gasteiger partial charge is 0.353 e. The Morgan fingerprint density at radius 2 is 1.67 bits per heavy atom. The molecule has 0 radical (unpaired) electrons. The van der Waals surface area contributed by atoms with Crippen molar-refractivity contribution in [1.82, 2.24) is 14.9 Å². The first kappa shape index (κ1) is 18.7. The van der Waals surface area contributed by atoms with Gasteiger partial charge in [0.2, 0.25) is 5.91 Å². The fraction of sp³-hybridized carbons (Fsp3) is 0.353. The molecule has 0 aliphatic carbocycles. The number of piperazine rings is 1. The van der Waals surface area contributed by atoms with E-state index in [1.54, 1.807) is 17.9 Å². The summed E-state index contributed by atoms with van der Waals surface area (Å²) in [5.74, 6) is 1.32. The molecule has 1 saturated heterocycles. The van der Waals surface area contributed by atoms with E-state index in [4.69, 9.17) is 0 Å². The summed E-state index contributed by atoms with van der Waals surface area (Å²) in [7, 11) is 0. The summed E-state index contributed by atoms with van der Waals surface area (Å²) in [5.41, 5.74) is 0.563. The highest BCUT2D eigenvalue weighted by Crippen LogP contribution is 2.23. The van der Waals surface area contributed by atoms with Gasteiger partial charge in [-0.05, 0) is 24.3 Å². The van der Waals surface area contributed by atoms with E-state index < -0.39 is 6.30 Å². The maximum atomic E-state index is 12.3. The molecule has 0 atom stereocenters. The van der Waals surface area contributed by atoms with Crippen molar-refractivity contribution in [3.05, 3.63) is 36.7 Å². The number of rotatable bonds is 4. The molecule has 0 bridgehead atoms. The van der Waals surface area contributed by atoms with Crippen LogP contribution in [0.2, 0.25) is 0 Å². The lowest BCUT2D eigenvalue weighted by atomic mass is 10.2. The zero-order valence-electron chi connectivity index (χ0n) is 14.6. The molecule has 2 heterocycles. The summed E-state index contributed by atoms with van der Waals surface area (Å²) in [6, 6.07) is 7.49. The Balaban J connectivity index is 1.63. The second-order valence-corrected chi connectivity index (χ2v) is 6.08. The Bertz CT molecular complexity index is 788. The molecule has 0 unspecified atom stereocenters. The Labute approximate surface area is 154 Å². The van der Waals surface area contributed by atoms with Gasteiger partial charge in [-0.2, -0.15) is 13.2 Å². The molecule has 10 heteroatoms. The van der Waals surface area contributed by atoms with Crippen LogP contribution in [0, 0.1) is 0 Å². The van der Waals surface area contributed by atoms with Crippen LogP contribution in [0.15, 0.2) is 36.7 Å². The summed E-state index contributed by atoms with van der Waals surface area (Å²) in [5, 5.41) is 4.50. The number of halogens is 3. The number of benzene rings is 1. The molecule has 1 fully saturated rings. The highest BCUT2D eigenvalue weighted by Gasteiger charge is 2.26. The molecule has 1 aromatic heterocycles. The Kier molecular flexibility index (Phi) is 5.33. The minimum absolute atomic E-state index is 0.0419. The summed E-state index contributed by atoms with van der Waals surface area (Å²) < 4.78 is 36.9. The molecule has 0 saturated carbocycles. The van der Waals surface area contributed by atoms with Crippen LogP contribution in [0.4, 0.5) is 36.2 Å². The molecular formula is C17H19F3N6O. The van der Waals surface area contributed by atoms with Crippen LogP contribution < -0.4 is 15.5 Å². The van der Waals surface area contributed by atoms with Crippen LogP contribution in [-0.4, -0.2) is 53.3 Å². The standard InChI is InChI=1S/C17H19F3N6O/c1-12(27)25-6-8-26(9-7-25)16-10-15(21-11-22-16)23-13-2-4-14(5-3-13)24-17(18,19)20/h2-5,10-11,24H,6-9H2,1H3,(H,21,22,23). The fourth-order valence-corrected chi connectivity index (χ4v) is 2.79. The summed E-state index contributed by atoms with van der Waals surface area (Å²) in [4.78, 5) is 23.7. The first-order valence-corrected chi connectivity index (χ1v) is 8.35. The molecule has 144 valence electrons. The van der Waals surface area contributed by atoms with Crippen LogP contribution in [0.1, 0.15) is 6.92 Å². The number of nitrogens with zero attached hydrogens (tertiary/aromatic N) is 4. The largest absolute Gasteiger partial charge is 0.482 e. The van der Waals surface area contributed by atoms with Gasteiger partial charge in [0.25, 0.3) is 0 Å². The highest BCUT2D eigenvalue weighted by atomic mass is 19.4. The van der Waals surface area contributed by atoms with Gasteiger partial charge in [0.05, 0.1) is 0 Å². The van der Waals surface area contributed by atoms with Crippen molar-refractivity contribution in [2.45, 2.75) is 13.2 Å². The number of hydrogen-bond donors (Lipinski definition) is 2. The third-order valence-electron chi connectivity index (χ3n) is 4.15. The van der Waals surface area contributed by atoms with Crippen LogP contribution >= 0.6 is 0 Å². The number of amides is 1. The SMILES string of the molecule is CC(=O)N1CCN(c2cc(Nc3ccc(NC(F)(F)F)cc3)ncn2)CC1. The average molecular weight is 380 g/mol. The molecule has 3 rings (SSSR count). The van der Waals surface area contributed by atoms with E-state index in [9.17, 15) is 18.0 Å². The van der Waals surface area contributed by atoms with Gasteiger partial charge in [-0.15, -0.1) is 0 Å². The Hall–Kier alpha value is -3.04. The van der Waals surface area contributed by atoms with Gasteiger partial charge in [-0.3, -0.25) is 10.1 Å². The van der Waals surface area contributed by atoms with Gasteiger partial charge in [-0.1, -0.05) is 0 Å². The average Bonchev–Trinajstić information content (AvgIpc) is 2.62.